The SMILES string of the molecule is COC(CO)C(O)C(O)C(O)NC(=O)CS. The van der Waals surface area contributed by atoms with E-state index in [9.17, 15) is 20.1 Å². The summed E-state index contributed by atoms with van der Waals surface area (Å²) >= 11 is 3.66. The Morgan fingerprint density at radius 1 is 1.38 bits per heavy atom. The van der Waals surface area contributed by atoms with Crippen molar-refractivity contribution >= 4 is 18.5 Å². The minimum Gasteiger partial charge on any atom is -0.394 e. The Hall–Kier alpha value is -0.380. The predicted octanol–water partition coefficient (Wildman–Crippen LogP) is -2.92. The van der Waals surface area contributed by atoms with Gasteiger partial charge in [0.2, 0.25) is 5.91 Å². The van der Waals surface area contributed by atoms with Crippen LogP contribution in [-0.2, 0) is 9.53 Å². The topological polar surface area (TPSA) is 119 Å². The van der Waals surface area contributed by atoms with Crippen molar-refractivity contribution in [3.05, 3.63) is 0 Å². The van der Waals surface area contributed by atoms with Crippen LogP contribution < -0.4 is 5.32 Å². The van der Waals surface area contributed by atoms with Crippen molar-refractivity contribution in [2.24, 2.45) is 0 Å². The summed E-state index contributed by atoms with van der Waals surface area (Å²) in [4.78, 5) is 10.8. The van der Waals surface area contributed by atoms with Crippen molar-refractivity contribution in [1.82, 2.24) is 5.32 Å². The molecule has 0 rings (SSSR count). The molecule has 4 unspecified atom stereocenters. The average Bonchev–Trinajstić information content (AvgIpc) is 2.29. The Bertz CT molecular complexity index is 213. The molecule has 16 heavy (non-hydrogen) atoms. The zero-order valence-electron chi connectivity index (χ0n) is 8.78. The zero-order valence-corrected chi connectivity index (χ0v) is 9.67. The molecule has 0 radical (unpaired) electrons. The third kappa shape index (κ3) is 4.64. The van der Waals surface area contributed by atoms with Crippen molar-refractivity contribution in [2.45, 2.75) is 24.5 Å². The third-order valence-corrected chi connectivity index (χ3v) is 2.28. The highest BCUT2D eigenvalue weighted by atomic mass is 32.1. The highest BCUT2D eigenvalue weighted by molar-refractivity contribution is 7.81. The summed E-state index contributed by atoms with van der Waals surface area (Å²) < 4.78 is 4.66. The van der Waals surface area contributed by atoms with E-state index in [1.807, 2.05) is 5.32 Å². The van der Waals surface area contributed by atoms with Gasteiger partial charge in [-0.05, 0) is 0 Å². The van der Waals surface area contributed by atoms with Gasteiger partial charge in [-0.2, -0.15) is 12.6 Å². The summed E-state index contributed by atoms with van der Waals surface area (Å²) in [7, 11) is 1.23. The first-order chi connectivity index (χ1) is 7.47. The molecule has 7 nitrogen and oxygen atoms in total. The molecule has 0 aliphatic heterocycles. The monoisotopic (exact) mass is 255 g/mol. The summed E-state index contributed by atoms with van der Waals surface area (Å²) in [5.41, 5.74) is 0. The Morgan fingerprint density at radius 2 is 1.94 bits per heavy atom. The van der Waals surface area contributed by atoms with Crippen LogP contribution in [0.5, 0.6) is 0 Å². The van der Waals surface area contributed by atoms with Gasteiger partial charge in [0.15, 0.2) is 6.23 Å². The maximum Gasteiger partial charge on any atom is 0.231 e. The lowest BCUT2D eigenvalue weighted by atomic mass is 10.1. The van der Waals surface area contributed by atoms with Gasteiger partial charge in [-0.3, -0.25) is 4.79 Å². The minimum absolute atomic E-state index is 0.159. The number of amides is 1. The van der Waals surface area contributed by atoms with Crippen LogP contribution in [0, 0.1) is 0 Å². The lowest BCUT2D eigenvalue weighted by Gasteiger charge is -2.27. The number of rotatable bonds is 7. The van der Waals surface area contributed by atoms with Crippen molar-refractivity contribution in [2.75, 3.05) is 19.5 Å². The van der Waals surface area contributed by atoms with E-state index >= 15 is 0 Å². The summed E-state index contributed by atoms with van der Waals surface area (Å²) in [6, 6.07) is 0. The molecule has 0 aliphatic rings. The Kier molecular flexibility index (Phi) is 7.64. The standard InChI is InChI=1S/C8H17NO6S/c1-15-4(2-10)6(12)7(13)8(14)9-5(11)3-16/h4,6-8,10,12-14,16H,2-3H2,1H3,(H,9,11). The van der Waals surface area contributed by atoms with Crippen molar-refractivity contribution < 1.29 is 30.0 Å². The van der Waals surface area contributed by atoms with E-state index in [-0.39, 0.29) is 5.75 Å². The van der Waals surface area contributed by atoms with Crippen LogP contribution in [0.25, 0.3) is 0 Å². The summed E-state index contributed by atoms with van der Waals surface area (Å²) in [6.07, 6.45) is -5.89. The van der Waals surface area contributed by atoms with Crippen molar-refractivity contribution in [3.8, 4) is 0 Å². The smallest absolute Gasteiger partial charge is 0.231 e. The van der Waals surface area contributed by atoms with E-state index < -0.39 is 37.1 Å². The number of nitrogens with one attached hydrogen (secondary N) is 1. The predicted molar refractivity (Wildman–Crippen MR) is 57.9 cm³/mol. The van der Waals surface area contributed by atoms with Gasteiger partial charge < -0.3 is 30.5 Å². The zero-order chi connectivity index (χ0) is 12.7. The quantitative estimate of drug-likeness (QED) is 0.214. The van der Waals surface area contributed by atoms with E-state index in [0.717, 1.165) is 0 Å². The summed E-state index contributed by atoms with van der Waals surface area (Å²) in [5, 5.41) is 39.0. The largest absolute Gasteiger partial charge is 0.394 e. The second kappa shape index (κ2) is 7.82. The number of ether oxygens (including phenoxy) is 1. The Balaban J connectivity index is 4.29. The van der Waals surface area contributed by atoms with Crippen molar-refractivity contribution in [1.29, 1.82) is 0 Å². The number of hydrogen-bond donors (Lipinski definition) is 6. The first-order valence-electron chi connectivity index (χ1n) is 4.56. The number of thiol groups is 1. The normalized spacial score (nSPS) is 18.6. The molecule has 96 valence electrons. The number of aliphatic hydroxyl groups is 4. The fourth-order valence-electron chi connectivity index (χ4n) is 1.02. The molecule has 0 fully saturated rings. The van der Waals surface area contributed by atoms with Crippen LogP contribution >= 0.6 is 12.6 Å². The molecule has 0 saturated heterocycles. The number of methoxy groups -OCH3 is 1. The van der Waals surface area contributed by atoms with Gasteiger partial charge in [0.1, 0.15) is 18.3 Å². The molecular weight excluding hydrogens is 238 g/mol. The Labute approximate surface area is 98.5 Å². The molecule has 0 aromatic heterocycles. The molecule has 1 amide bonds. The van der Waals surface area contributed by atoms with Crippen LogP contribution in [0.15, 0.2) is 0 Å². The lowest BCUT2D eigenvalue weighted by molar-refractivity contribution is -0.141. The second-order valence-electron chi connectivity index (χ2n) is 3.11. The highest BCUT2D eigenvalue weighted by Crippen LogP contribution is 2.06. The van der Waals surface area contributed by atoms with E-state index in [1.165, 1.54) is 7.11 Å². The molecule has 8 heteroatoms. The average molecular weight is 255 g/mol. The van der Waals surface area contributed by atoms with Gasteiger partial charge in [0.05, 0.1) is 12.4 Å². The molecule has 0 heterocycles. The first-order valence-corrected chi connectivity index (χ1v) is 5.19. The van der Waals surface area contributed by atoms with Gasteiger partial charge in [-0.1, -0.05) is 0 Å². The van der Waals surface area contributed by atoms with E-state index in [2.05, 4.69) is 17.4 Å². The van der Waals surface area contributed by atoms with Gasteiger partial charge in [-0.15, -0.1) is 0 Å². The van der Waals surface area contributed by atoms with Gasteiger partial charge >= 0.3 is 0 Å². The van der Waals surface area contributed by atoms with Gasteiger partial charge in [0.25, 0.3) is 0 Å². The second-order valence-corrected chi connectivity index (χ2v) is 3.42. The number of carbonyl (C=O) groups is 1. The lowest BCUT2D eigenvalue weighted by Crippen LogP contribution is -2.53. The van der Waals surface area contributed by atoms with E-state index in [1.54, 1.807) is 0 Å². The van der Waals surface area contributed by atoms with Gasteiger partial charge in [0, 0.05) is 7.11 Å². The number of carbonyl (C=O) groups excluding carboxylic acids is 1. The molecule has 0 saturated carbocycles. The molecule has 0 aromatic rings. The van der Waals surface area contributed by atoms with Crippen LogP contribution in [0.4, 0.5) is 0 Å². The summed E-state index contributed by atoms with van der Waals surface area (Å²) in [6.45, 7) is -0.526. The van der Waals surface area contributed by atoms with Crippen LogP contribution in [0.1, 0.15) is 0 Å². The molecule has 4 atom stereocenters. The molecule has 0 spiro atoms. The maximum atomic E-state index is 10.8. The minimum atomic E-state index is -1.67. The number of hydrogen-bond acceptors (Lipinski definition) is 7. The Morgan fingerprint density at radius 3 is 2.31 bits per heavy atom. The highest BCUT2D eigenvalue weighted by Gasteiger charge is 2.31. The van der Waals surface area contributed by atoms with Crippen molar-refractivity contribution in [3.63, 3.8) is 0 Å². The molecule has 0 aliphatic carbocycles. The first kappa shape index (κ1) is 15.6. The molecule has 0 bridgehead atoms. The third-order valence-electron chi connectivity index (χ3n) is 1.99. The van der Waals surface area contributed by atoms with Gasteiger partial charge in [-0.25, -0.2) is 0 Å². The van der Waals surface area contributed by atoms with Crippen LogP contribution in [0.2, 0.25) is 0 Å². The maximum absolute atomic E-state index is 10.8. The molecule has 0 aromatic carbocycles. The fraction of sp³-hybridized carbons (Fsp3) is 0.875. The van der Waals surface area contributed by atoms with Crippen LogP contribution in [-0.4, -0.2) is 70.3 Å². The number of aliphatic hydroxyl groups excluding tert-OH is 4. The van der Waals surface area contributed by atoms with Crippen LogP contribution in [0.3, 0.4) is 0 Å². The molecule has 5 N–H and O–H groups in total. The van der Waals surface area contributed by atoms with E-state index in [0.29, 0.717) is 0 Å². The van der Waals surface area contributed by atoms with E-state index in [4.69, 9.17) is 5.11 Å². The molecular formula is C8H17NO6S. The summed E-state index contributed by atoms with van der Waals surface area (Å²) in [5.74, 6) is -0.756. The fourth-order valence-corrected chi connectivity index (χ4v) is 1.12.